The van der Waals surface area contributed by atoms with Crippen molar-refractivity contribution in [2.45, 2.75) is 38.6 Å². The van der Waals surface area contributed by atoms with E-state index in [9.17, 15) is 10.2 Å². The van der Waals surface area contributed by atoms with Crippen LogP contribution in [0.5, 0.6) is 0 Å². The van der Waals surface area contributed by atoms with Crippen molar-refractivity contribution < 1.29 is 10.2 Å². The van der Waals surface area contributed by atoms with E-state index in [-0.39, 0.29) is 0 Å². The van der Waals surface area contributed by atoms with E-state index in [4.69, 9.17) is 0 Å². The molecule has 0 aromatic carbocycles. The Morgan fingerprint density at radius 2 is 1.75 bits per heavy atom. The third-order valence-electron chi connectivity index (χ3n) is 2.15. The van der Waals surface area contributed by atoms with Gasteiger partial charge in [-0.2, -0.15) is 0 Å². The van der Waals surface area contributed by atoms with Gasteiger partial charge in [-0.15, -0.1) is 0 Å². The van der Waals surface area contributed by atoms with Crippen LogP contribution >= 0.6 is 0 Å². The smallest absolute Gasteiger partial charge is 0.128 e. The number of hydrogen-bond donors (Lipinski definition) is 2. The molecule has 0 aromatic rings. The first-order valence-electron chi connectivity index (χ1n) is 4.56. The minimum Gasteiger partial charge on any atom is -0.375 e. The van der Waals surface area contributed by atoms with Gasteiger partial charge >= 0.3 is 0 Å². The molecule has 0 fully saturated rings. The van der Waals surface area contributed by atoms with Gasteiger partial charge in [0.05, 0.1) is 0 Å². The summed E-state index contributed by atoms with van der Waals surface area (Å²) in [5.41, 5.74) is 0. The van der Waals surface area contributed by atoms with E-state index in [1.807, 2.05) is 0 Å². The van der Waals surface area contributed by atoms with E-state index in [0.29, 0.717) is 0 Å². The van der Waals surface area contributed by atoms with Crippen LogP contribution in [0.2, 0.25) is 0 Å². The maximum absolute atomic E-state index is 9.34. The monoisotopic (exact) mass is 171 g/mol. The van der Waals surface area contributed by atoms with Crippen molar-refractivity contribution in [1.82, 2.24) is 4.90 Å². The molecule has 1 aliphatic rings. The highest BCUT2D eigenvalue weighted by molar-refractivity contribution is 5.01. The summed E-state index contributed by atoms with van der Waals surface area (Å²) in [6, 6.07) is 0. The predicted molar refractivity (Wildman–Crippen MR) is 47.4 cm³/mol. The topological polar surface area (TPSA) is 43.7 Å². The van der Waals surface area contributed by atoms with Gasteiger partial charge in [0.25, 0.3) is 0 Å². The predicted octanol–water partition coefficient (Wildman–Crippen LogP) is 0.685. The second kappa shape index (κ2) is 4.60. The van der Waals surface area contributed by atoms with Gasteiger partial charge in [0.15, 0.2) is 0 Å². The van der Waals surface area contributed by atoms with Crippen molar-refractivity contribution in [3.8, 4) is 0 Å². The molecule has 2 unspecified atom stereocenters. The van der Waals surface area contributed by atoms with Crippen LogP contribution in [0, 0.1) is 0 Å². The van der Waals surface area contributed by atoms with E-state index < -0.39 is 12.5 Å². The number of aliphatic hydroxyl groups is 2. The summed E-state index contributed by atoms with van der Waals surface area (Å²) in [5.74, 6) is 0. The van der Waals surface area contributed by atoms with E-state index in [1.54, 1.807) is 17.1 Å². The van der Waals surface area contributed by atoms with Crippen molar-refractivity contribution in [1.29, 1.82) is 0 Å². The van der Waals surface area contributed by atoms with E-state index in [2.05, 4.69) is 6.92 Å². The largest absolute Gasteiger partial charge is 0.375 e. The Hall–Kier alpha value is -0.380. The first-order chi connectivity index (χ1) is 5.75. The molecule has 0 saturated heterocycles. The average molecular weight is 171 g/mol. The fraction of sp³-hybridized carbons (Fsp3) is 0.778. The summed E-state index contributed by atoms with van der Waals surface area (Å²) in [5, 5.41) is 18.7. The summed E-state index contributed by atoms with van der Waals surface area (Å²) < 4.78 is 0. The van der Waals surface area contributed by atoms with Gasteiger partial charge in [0.2, 0.25) is 0 Å². The second-order valence-corrected chi connectivity index (χ2v) is 3.16. The third kappa shape index (κ3) is 2.30. The number of rotatable bonds is 4. The molecule has 0 bridgehead atoms. The van der Waals surface area contributed by atoms with Gasteiger partial charge in [0, 0.05) is 6.54 Å². The summed E-state index contributed by atoms with van der Waals surface area (Å²) in [4.78, 5) is 1.68. The molecule has 0 spiro atoms. The standard InChI is InChI=1S/C9H17NO2/c1-2-3-4-7-10-8(11)5-6-9(10)12/h5-6,8-9,11-12H,2-4,7H2,1H3. The maximum atomic E-state index is 9.34. The van der Waals surface area contributed by atoms with Crippen LogP contribution < -0.4 is 0 Å². The third-order valence-corrected chi connectivity index (χ3v) is 2.15. The molecule has 0 aromatic heterocycles. The van der Waals surface area contributed by atoms with Crippen LogP contribution in [0.3, 0.4) is 0 Å². The summed E-state index contributed by atoms with van der Waals surface area (Å²) in [7, 11) is 0. The Morgan fingerprint density at radius 1 is 1.17 bits per heavy atom. The van der Waals surface area contributed by atoms with Crippen molar-refractivity contribution in [2.75, 3.05) is 6.54 Å². The number of unbranched alkanes of at least 4 members (excludes halogenated alkanes) is 2. The zero-order chi connectivity index (χ0) is 8.97. The minimum absolute atomic E-state index is 0.586. The van der Waals surface area contributed by atoms with Crippen molar-refractivity contribution >= 4 is 0 Å². The molecule has 0 saturated carbocycles. The molecule has 0 amide bonds. The van der Waals surface area contributed by atoms with E-state index in [0.717, 1.165) is 25.8 Å². The highest BCUT2D eigenvalue weighted by Gasteiger charge is 2.23. The van der Waals surface area contributed by atoms with Crippen molar-refractivity contribution in [3.63, 3.8) is 0 Å². The van der Waals surface area contributed by atoms with Gasteiger partial charge in [-0.25, -0.2) is 4.90 Å². The van der Waals surface area contributed by atoms with Crippen LogP contribution in [0.15, 0.2) is 12.2 Å². The number of hydrogen-bond acceptors (Lipinski definition) is 3. The summed E-state index contributed by atoms with van der Waals surface area (Å²) in [6.45, 7) is 2.90. The summed E-state index contributed by atoms with van der Waals surface area (Å²) in [6.07, 6.45) is 5.41. The zero-order valence-electron chi connectivity index (χ0n) is 7.48. The lowest BCUT2D eigenvalue weighted by molar-refractivity contribution is -0.0401. The van der Waals surface area contributed by atoms with Gasteiger partial charge in [-0.1, -0.05) is 19.8 Å². The molecule has 2 N–H and O–H groups in total. The van der Waals surface area contributed by atoms with Gasteiger partial charge in [-0.05, 0) is 18.6 Å². The van der Waals surface area contributed by atoms with Crippen molar-refractivity contribution in [3.05, 3.63) is 12.2 Å². The van der Waals surface area contributed by atoms with Gasteiger partial charge in [-0.3, -0.25) is 0 Å². The maximum Gasteiger partial charge on any atom is 0.128 e. The minimum atomic E-state index is -0.586. The number of nitrogens with zero attached hydrogens (tertiary/aromatic N) is 1. The Kier molecular flexibility index (Phi) is 3.72. The lowest BCUT2D eigenvalue weighted by Gasteiger charge is -2.23. The lowest BCUT2D eigenvalue weighted by atomic mass is 10.2. The summed E-state index contributed by atoms with van der Waals surface area (Å²) >= 11 is 0. The molecule has 1 rings (SSSR count). The molecule has 1 heterocycles. The Bertz CT molecular complexity index is 147. The Morgan fingerprint density at radius 3 is 2.25 bits per heavy atom. The molecule has 2 atom stereocenters. The average Bonchev–Trinajstić information content (AvgIpc) is 2.35. The molecule has 3 heteroatoms. The fourth-order valence-corrected chi connectivity index (χ4v) is 1.39. The molecule has 0 radical (unpaired) electrons. The van der Waals surface area contributed by atoms with E-state index >= 15 is 0 Å². The van der Waals surface area contributed by atoms with Crippen LogP contribution in [-0.4, -0.2) is 34.1 Å². The highest BCUT2D eigenvalue weighted by Crippen LogP contribution is 2.13. The molecule has 12 heavy (non-hydrogen) atoms. The van der Waals surface area contributed by atoms with Crippen LogP contribution in [-0.2, 0) is 0 Å². The zero-order valence-corrected chi connectivity index (χ0v) is 7.48. The van der Waals surface area contributed by atoms with Gasteiger partial charge < -0.3 is 10.2 Å². The van der Waals surface area contributed by atoms with Gasteiger partial charge in [0.1, 0.15) is 12.5 Å². The first kappa shape index (κ1) is 9.71. The molecular formula is C9H17NO2. The van der Waals surface area contributed by atoms with E-state index in [1.165, 1.54) is 0 Å². The molecule has 70 valence electrons. The van der Waals surface area contributed by atoms with Crippen LogP contribution in [0.25, 0.3) is 0 Å². The van der Waals surface area contributed by atoms with Crippen LogP contribution in [0.4, 0.5) is 0 Å². The Labute approximate surface area is 73.3 Å². The quantitative estimate of drug-likeness (QED) is 0.483. The normalized spacial score (nSPS) is 29.9. The number of aliphatic hydroxyl groups excluding tert-OH is 2. The fourth-order valence-electron chi connectivity index (χ4n) is 1.39. The molecular weight excluding hydrogens is 154 g/mol. The second-order valence-electron chi connectivity index (χ2n) is 3.16. The highest BCUT2D eigenvalue weighted by atomic mass is 16.3. The lowest BCUT2D eigenvalue weighted by Crippen LogP contribution is -2.37. The van der Waals surface area contributed by atoms with Crippen LogP contribution in [0.1, 0.15) is 26.2 Å². The molecule has 3 nitrogen and oxygen atoms in total. The first-order valence-corrected chi connectivity index (χ1v) is 4.56. The molecule has 0 aliphatic carbocycles. The SMILES string of the molecule is CCCCCN1C(O)C=CC1O. The van der Waals surface area contributed by atoms with Crippen molar-refractivity contribution in [2.24, 2.45) is 0 Å². The molecule has 1 aliphatic heterocycles. The Balaban J connectivity index is 2.23.